The number of aliphatic hydroxyl groups is 1. The van der Waals surface area contributed by atoms with Gasteiger partial charge in [-0.25, -0.2) is 12.7 Å². The number of pyridine rings is 1. The van der Waals surface area contributed by atoms with Crippen molar-refractivity contribution in [1.82, 2.24) is 19.5 Å². The van der Waals surface area contributed by atoms with Crippen molar-refractivity contribution in [3.63, 3.8) is 0 Å². The fourth-order valence-corrected chi connectivity index (χ4v) is 3.97. The summed E-state index contributed by atoms with van der Waals surface area (Å²) in [4.78, 5) is 38.3. The van der Waals surface area contributed by atoms with Crippen LogP contribution < -0.4 is 16.2 Å². The third-order valence-electron chi connectivity index (χ3n) is 4.67. The molecule has 0 bridgehead atoms. The lowest BCUT2D eigenvalue weighted by molar-refractivity contribution is 0.0926. The number of hydrogen-bond acceptors (Lipinski definition) is 6. The van der Waals surface area contributed by atoms with Gasteiger partial charge in [0.05, 0.1) is 12.9 Å². The lowest BCUT2D eigenvalue weighted by atomic mass is 10.2. The maximum atomic E-state index is 12.9. The molecule has 0 spiro atoms. The Kier molecular flexibility index (Phi) is 9.61. The smallest absolute Gasteiger partial charge is 0.269 e. The number of nitrogens with zero attached hydrogens (tertiary/aromatic N) is 2. The Morgan fingerprint density at radius 2 is 1.82 bits per heavy atom. The van der Waals surface area contributed by atoms with E-state index in [1.54, 1.807) is 24.3 Å². The van der Waals surface area contributed by atoms with Crippen LogP contribution in [-0.2, 0) is 23.1 Å². The van der Waals surface area contributed by atoms with Crippen LogP contribution in [0.25, 0.3) is 0 Å². The fourth-order valence-electron chi connectivity index (χ4n) is 2.80. The third-order valence-corrected chi connectivity index (χ3v) is 6.84. The molecule has 10 nitrogen and oxygen atoms in total. The second kappa shape index (κ2) is 11.7. The minimum absolute atomic E-state index is 0.00844. The van der Waals surface area contributed by atoms with E-state index in [9.17, 15) is 27.9 Å². The van der Waals surface area contributed by atoms with Crippen LogP contribution in [0.4, 0.5) is 0 Å². The van der Waals surface area contributed by atoms with Crippen molar-refractivity contribution < 1.29 is 23.1 Å². The first kappa shape index (κ1) is 27.0. The summed E-state index contributed by atoms with van der Waals surface area (Å²) in [5, 5.41) is 15.1. The molecule has 3 N–H and O–H groups in total. The van der Waals surface area contributed by atoms with Crippen molar-refractivity contribution in [2.24, 2.45) is 0 Å². The number of amides is 2. The zero-order valence-electron chi connectivity index (χ0n) is 18.0. The van der Waals surface area contributed by atoms with Gasteiger partial charge in [-0.3, -0.25) is 14.4 Å². The van der Waals surface area contributed by atoms with E-state index in [0.717, 1.165) is 20.7 Å². The van der Waals surface area contributed by atoms with E-state index < -0.39 is 34.0 Å². The van der Waals surface area contributed by atoms with E-state index in [0.29, 0.717) is 5.02 Å². The van der Waals surface area contributed by atoms with Crippen LogP contribution in [0.1, 0.15) is 26.4 Å². The number of aliphatic hydroxyl groups excluding tert-OH is 1. The first-order valence-corrected chi connectivity index (χ1v) is 12.7. The molecule has 180 valence electrons. The molecule has 2 aromatic rings. The SMILES string of the molecule is CN(CCNC(=O)c1c(Br)cc(C(=O)NCc2ccc(Cl)cc2)c(=O)n1CCO)S(C)(=O)=O. The number of likely N-dealkylation sites (N-methyl/N-ethyl adjacent to an activating group) is 1. The molecule has 0 aliphatic heterocycles. The Balaban J connectivity index is 2.23. The predicted octanol–water partition coefficient (Wildman–Crippen LogP) is 0.808. The summed E-state index contributed by atoms with van der Waals surface area (Å²) < 4.78 is 25.2. The van der Waals surface area contributed by atoms with Crippen molar-refractivity contribution in [2.75, 3.05) is 33.0 Å². The summed E-state index contributed by atoms with van der Waals surface area (Å²) in [5.41, 5.74) is -0.278. The highest BCUT2D eigenvalue weighted by molar-refractivity contribution is 9.10. The molecule has 1 aromatic heterocycles. The lowest BCUT2D eigenvalue weighted by Gasteiger charge is -2.17. The predicted molar refractivity (Wildman–Crippen MR) is 128 cm³/mol. The minimum Gasteiger partial charge on any atom is -0.395 e. The summed E-state index contributed by atoms with van der Waals surface area (Å²) in [6, 6.07) is 8.06. The molecule has 1 aromatic carbocycles. The van der Waals surface area contributed by atoms with Crippen molar-refractivity contribution in [3.05, 3.63) is 67.0 Å². The van der Waals surface area contributed by atoms with Crippen molar-refractivity contribution in [2.45, 2.75) is 13.1 Å². The van der Waals surface area contributed by atoms with Gasteiger partial charge in [0, 0.05) is 42.7 Å². The maximum Gasteiger partial charge on any atom is 0.269 e. The second-order valence-corrected chi connectivity index (χ2v) is 10.5. The molecule has 0 saturated carbocycles. The topological polar surface area (TPSA) is 138 Å². The highest BCUT2D eigenvalue weighted by Gasteiger charge is 2.22. The number of halogens is 2. The average Bonchev–Trinajstić information content (AvgIpc) is 2.74. The lowest BCUT2D eigenvalue weighted by Crippen LogP contribution is -2.40. The molecule has 13 heteroatoms. The zero-order valence-corrected chi connectivity index (χ0v) is 21.1. The number of benzene rings is 1. The van der Waals surface area contributed by atoms with Crippen LogP contribution in [-0.4, -0.2) is 67.2 Å². The maximum absolute atomic E-state index is 12.9. The highest BCUT2D eigenvalue weighted by atomic mass is 79.9. The van der Waals surface area contributed by atoms with E-state index in [-0.39, 0.29) is 41.9 Å². The fraction of sp³-hybridized carbons (Fsp3) is 0.350. The number of nitrogens with one attached hydrogen (secondary N) is 2. The Morgan fingerprint density at radius 3 is 2.39 bits per heavy atom. The number of rotatable bonds is 10. The minimum atomic E-state index is -3.41. The number of sulfonamides is 1. The first-order chi connectivity index (χ1) is 15.5. The molecule has 2 rings (SSSR count). The van der Waals surface area contributed by atoms with E-state index in [2.05, 4.69) is 26.6 Å². The normalized spacial score (nSPS) is 11.5. The van der Waals surface area contributed by atoms with Gasteiger partial charge in [0.15, 0.2) is 0 Å². The molecule has 0 saturated heterocycles. The van der Waals surface area contributed by atoms with E-state index >= 15 is 0 Å². The van der Waals surface area contributed by atoms with Crippen molar-refractivity contribution in [3.8, 4) is 0 Å². The second-order valence-electron chi connectivity index (χ2n) is 7.08. The number of aromatic nitrogens is 1. The first-order valence-electron chi connectivity index (χ1n) is 9.72. The Hall–Kier alpha value is -2.25. The molecule has 0 aliphatic rings. The summed E-state index contributed by atoms with van der Waals surface area (Å²) in [6.07, 6.45) is 1.04. The van der Waals surface area contributed by atoms with Gasteiger partial charge in [-0.15, -0.1) is 0 Å². The van der Waals surface area contributed by atoms with Gasteiger partial charge in [-0.1, -0.05) is 23.7 Å². The standard InChI is InChI=1S/C20H24BrClN4O6S/c1-25(33(2,31)32)8-7-23-19(29)17-16(21)11-15(20(30)26(17)9-10-27)18(28)24-12-13-3-5-14(22)6-4-13/h3-6,11,27H,7-10,12H2,1-2H3,(H,23,29)(H,24,28). The third kappa shape index (κ3) is 7.37. The summed E-state index contributed by atoms with van der Waals surface area (Å²) in [7, 11) is -2.03. The molecular formula is C20H24BrClN4O6S. The Bertz CT molecular complexity index is 1180. The van der Waals surface area contributed by atoms with E-state index in [1.165, 1.54) is 13.1 Å². The van der Waals surface area contributed by atoms with Gasteiger partial charge in [-0.2, -0.15) is 0 Å². The number of carbonyl (C=O) groups is 2. The molecule has 2 amide bonds. The van der Waals surface area contributed by atoms with Crippen LogP contribution in [0.15, 0.2) is 39.6 Å². The van der Waals surface area contributed by atoms with E-state index in [4.69, 9.17) is 11.6 Å². The summed E-state index contributed by atoms with van der Waals surface area (Å²) in [6.45, 7) is -0.493. The summed E-state index contributed by atoms with van der Waals surface area (Å²) >= 11 is 9.07. The molecule has 0 fully saturated rings. The average molecular weight is 564 g/mol. The molecule has 0 radical (unpaired) electrons. The van der Waals surface area contributed by atoms with Gasteiger partial charge in [0.1, 0.15) is 11.3 Å². The molecule has 0 atom stereocenters. The molecule has 0 aliphatic carbocycles. The summed E-state index contributed by atoms with van der Waals surface area (Å²) in [5.74, 6) is -1.31. The molecule has 0 unspecified atom stereocenters. The van der Waals surface area contributed by atoms with Crippen LogP contribution >= 0.6 is 27.5 Å². The highest BCUT2D eigenvalue weighted by Crippen LogP contribution is 2.17. The van der Waals surface area contributed by atoms with Gasteiger partial charge in [-0.05, 0) is 39.7 Å². The number of hydrogen-bond donors (Lipinski definition) is 3. The van der Waals surface area contributed by atoms with Crippen LogP contribution in [0.2, 0.25) is 5.02 Å². The Morgan fingerprint density at radius 1 is 1.18 bits per heavy atom. The molecule has 1 heterocycles. The molecule has 33 heavy (non-hydrogen) atoms. The van der Waals surface area contributed by atoms with E-state index in [1.807, 2.05) is 0 Å². The number of carbonyl (C=O) groups excluding carboxylic acids is 2. The zero-order chi connectivity index (χ0) is 24.8. The van der Waals surface area contributed by atoms with Crippen molar-refractivity contribution >= 4 is 49.4 Å². The van der Waals surface area contributed by atoms with Crippen LogP contribution in [0.3, 0.4) is 0 Å². The van der Waals surface area contributed by atoms with Gasteiger partial charge >= 0.3 is 0 Å². The van der Waals surface area contributed by atoms with Crippen LogP contribution in [0.5, 0.6) is 0 Å². The monoisotopic (exact) mass is 562 g/mol. The van der Waals surface area contributed by atoms with Crippen molar-refractivity contribution in [1.29, 1.82) is 0 Å². The van der Waals surface area contributed by atoms with Gasteiger partial charge in [0.25, 0.3) is 17.4 Å². The Labute approximate surface area is 204 Å². The molecular weight excluding hydrogens is 540 g/mol. The largest absolute Gasteiger partial charge is 0.395 e. The van der Waals surface area contributed by atoms with Crippen LogP contribution in [0, 0.1) is 0 Å². The quantitative estimate of drug-likeness (QED) is 0.391. The van der Waals surface area contributed by atoms with Gasteiger partial charge < -0.3 is 20.3 Å². The van der Waals surface area contributed by atoms with Gasteiger partial charge in [0.2, 0.25) is 10.0 Å².